The fourth-order valence-corrected chi connectivity index (χ4v) is 3.76. The summed E-state index contributed by atoms with van der Waals surface area (Å²) < 4.78 is 29.8. The van der Waals surface area contributed by atoms with Crippen molar-refractivity contribution in [2.75, 3.05) is 4.72 Å². The van der Waals surface area contributed by atoms with Crippen molar-refractivity contribution in [3.8, 4) is 0 Å². The van der Waals surface area contributed by atoms with Gasteiger partial charge in [0.2, 0.25) is 0 Å². The Balaban J connectivity index is 1.70. The Labute approximate surface area is 167 Å². The third-order valence-electron chi connectivity index (χ3n) is 4.20. The molecule has 10 heteroatoms. The smallest absolute Gasteiger partial charge is 0.261 e. The van der Waals surface area contributed by atoms with Crippen LogP contribution >= 0.6 is 12.2 Å². The van der Waals surface area contributed by atoms with Gasteiger partial charge in [-0.2, -0.15) is 5.10 Å². The van der Waals surface area contributed by atoms with Crippen LogP contribution in [-0.2, 0) is 23.6 Å². The first-order chi connectivity index (χ1) is 13.3. The number of H-pyrrole nitrogens is 1. The summed E-state index contributed by atoms with van der Waals surface area (Å²) in [6.07, 6.45) is 0. The van der Waals surface area contributed by atoms with Crippen LogP contribution in [0.1, 0.15) is 21.7 Å². The Hall–Kier alpha value is -2.98. The number of carbonyl (C=O) groups is 1. The number of hydrogen-bond donors (Lipinski definition) is 3. The molecule has 1 amide bonds. The van der Waals surface area contributed by atoms with Gasteiger partial charge < -0.3 is 9.88 Å². The molecule has 28 heavy (non-hydrogen) atoms. The van der Waals surface area contributed by atoms with Gasteiger partial charge in [-0.05, 0) is 55.0 Å². The maximum Gasteiger partial charge on any atom is 0.261 e. The zero-order chi connectivity index (χ0) is 20.3. The number of sulfonamides is 1. The first kappa shape index (κ1) is 19.8. The Morgan fingerprint density at radius 1 is 1.18 bits per heavy atom. The van der Waals surface area contributed by atoms with Crippen LogP contribution in [0, 0.1) is 11.7 Å². The van der Waals surface area contributed by atoms with Crippen LogP contribution in [0.4, 0.5) is 5.69 Å². The molecule has 146 valence electrons. The van der Waals surface area contributed by atoms with Gasteiger partial charge >= 0.3 is 0 Å². The van der Waals surface area contributed by atoms with E-state index in [9.17, 15) is 13.2 Å². The minimum atomic E-state index is -3.75. The lowest BCUT2D eigenvalue weighted by Gasteiger charge is -2.11. The van der Waals surface area contributed by atoms with Gasteiger partial charge in [0.1, 0.15) is 0 Å². The number of aromatic amines is 1. The molecular weight excluding hydrogens is 398 g/mol. The summed E-state index contributed by atoms with van der Waals surface area (Å²) in [4.78, 5) is 12.4. The second-order valence-electron chi connectivity index (χ2n) is 6.13. The predicted molar refractivity (Wildman–Crippen MR) is 108 cm³/mol. The van der Waals surface area contributed by atoms with E-state index in [2.05, 4.69) is 20.2 Å². The molecule has 0 fully saturated rings. The van der Waals surface area contributed by atoms with Crippen molar-refractivity contribution in [1.82, 2.24) is 20.1 Å². The topological polar surface area (TPSA) is 109 Å². The second kappa shape index (κ2) is 7.95. The third kappa shape index (κ3) is 4.29. The third-order valence-corrected chi connectivity index (χ3v) is 5.94. The molecule has 0 spiro atoms. The number of rotatable bonds is 6. The first-order valence-electron chi connectivity index (χ1n) is 8.35. The lowest BCUT2D eigenvalue weighted by Crippen LogP contribution is -2.24. The summed E-state index contributed by atoms with van der Waals surface area (Å²) in [5, 5.41) is 9.38. The quantitative estimate of drug-likeness (QED) is 0.534. The normalized spacial score (nSPS) is 11.2. The molecule has 0 atom stereocenters. The molecule has 3 rings (SSSR count). The summed E-state index contributed by atoms with van der Waals surface area (Å²) in [6.45, 7) is 2.01. The number of aromatic nitrogens is 3. The van der Waals surface area contributed by atoms with Crippen molar-refractivity contribution in [3.63, 3.8) is 0 Å². The average molecular weight is 418 g/mol. The van der Waals surface area contributed by atoms with E-state index >= 15 is 0 Å². The predicted octanol–water partition coefficient (Wildman–Crippen LogP) is 2.52. The van der Waals surface area contributed by atoms with E-state index in [1.807, 2.05) is 19.1 Å². The number of nitrogens with one attached hydrogen (secondary N) is 3. The number of anilines is 1. The Morgan fingerprint density at radius 3 is 2.46 bits per heavy atom. The molecule has 0 bridgehead atoms. The molecule has 0 saturated carbocycles. The molecule has 3 N–H and O–H groups in total. The highest BCUT2D eigenvalue weighted by Gasteiger charge is 2.16. The summed E-state index contributed by atoms with van der Waals surface area (Å²) in [6, 6.07) is 12.8. The minimum absolute atomic E-state index is 0.0711. The number of amides is 1. The molecule has 0 unspecified atom stereocenters. The van der Waals surface area contributed by atoms with Gasteiger partial charge in [0.15, 0.2) is 10.6 Å². The fraction of sp³-hybridized carbons (Fsp3) is 0.167. The average Bonchev–Trinajstić information content (AvgIpc) is 3.00. The molecule has 0 radical (unpaired) electrons. The second-order valence-corrected chi connectivity index (χ2v) is 8.20. The summed E-state index contributed by atoms with van der Waals surface area (Å²) in [5.74, 6) is 0.240. The van der Waals surface area contributed by atoms with Crippen molar-refractivity contribution < 1.29 is 13.2 Å². The summed E-state index contributed by atoms with van der Waals surface area (Å²) in [7, 11) is -2.00. The molecule has 0 aliphatic rings. The van der Waals surface area contributed by atoms with Gasteiger partial charge in [0.25, 0.3) is 15.9 Å². The van der Waals surface area contributed by atoms with E-state index in [1.165, 1.54) is 24.3 Å². The van der Waals surface area contributed by atoms with Crippen LogP contribution in [0.15, 0.2) is 53.4 Å². The summed E-state index contributed by atoms with van der Waals surface area (Å²) >= 11 is 5.02. The van der Waals surface area contributed by atoms with Gasteiger partial charge in [0, 0.05) is 12.6 Å². The van der Waals surface area contributed by atoms with E-state index in [1.54, 1.807) is 23.7 Å². The molecule has 3 aromatic rings. The SMILES string of the molecule is Cc1ccccc1NS(=O)(=O)c1ccc(C(=O)NCc2n[nH]c(=S)n2C)cc1. The lowest BCUT2D eigenvalue weighted by atomic mass is 10.2. The maximum absolute atomic E-state index is 12.5. The van der Waals surface area contributed by atoms with E-state index in [0.717, 1.165) is 5.56 Å². The highest BCUT2D eigenvalue weighted by molar-refractivity contribution is 7.92. The van der Waals surface area contributed by atoms with Crippen molar-refractivity contribution in [2.24, 2.45) is 7.05 Å². The number of carbonyl (C=O) groups excluding carboxylic acids is 1. The van der Waals surface area contributed by atoms with Crippen LogP contribution in [0.5, 0.6) is 0 Å². The Morgan fingerprint density at radius 2 is 1.86 bits per heavy atom. The van der Waals surface area contributed by atoms with Crippen molar-refractivity contribution >= 4 is 33.8 Å². The molecule has 1 aromatic heterocycles. The minimum Gasteiger partial charge on any atom is -0.345 e. The van der Waals surface area contributed by atoms with Crippen molar-refractivity contribution in [1.29, 1.82) is 0 Å². The van der Waals surface area contributed by atoms with E-state index in [0.29, 0.717) is 21.8 Å². The molecule has 0 aliphatic carbocycles. The van der Waals surface area contributed by atoms with Crippen LogP contribution < -0.4 is 10.0 Å². The first-order valence-corrected chi connectivity index (χ1v) is 10.2. The lowest BCUT2D eigenvalue weighted by molar-refractivity contribution is 0.0949. The number of benzene rings is 2. The van der Waals surface area contributed by atoms with E-state index in [4.69, 9.17) is 12.2 Å². The van der Waals surface area contributed by atoms with Gasteiger partial charge in [-0.25, -0.2) is 8.42 Å². The summed E-state index contributed by atoms with van der Waals surface area (Å²) in [5.41, 5.74) is 1.67. The van der Waals surface area contributed by atoms with Gasteiger partial charge in [-0.3, -0.25) is 14.6 Å². The highest BCUT2D eigenvalue weighted by atomic mass is 32.2. The maximum atomic E-state index is 12.5. The number of para-hydroxylation sites is 1. The van der Waals surface area contributed by atoms with Crippen molar-refractivity contribution in [3.05, 3.63) is 70.3 Å². The van der Waals surface area contributed by atoms with Crippen LogP contribution in [0.2, 0.25) is 0 Å². The van der Waals surface area contributed by atoms with Gasteiger partial charge in [-0.1, -0.05) is 18.2 Å². The van der Waals surface area contributed by atoms with E-state index in [-0.39, 0.29) is 17.3 Å². The largest absolute Gasteiger partial charge is 0.345 e. The fourth-order valence-electron chi connectivity index (χ4n) is 2.48. The number of hydrogen-bond acceptors (Lipinski definition) is 5. The molecule has 2 aromatic carbocycles. The Kier molecular flexibility index (Phi) is 5.61. The number of nitrogens with zero attached hydrogens (tertiary/aromatic N) is 2. The zero-order valence-corrected chi connectivity index (χ0v) is 16.9. The van der Waals surface area contributed by atoms with Gasteiger partial charge in [0.05, 0.1) is 17.1 Å². The zero-order valence-electron chi connectivity index (χ0n) is 15.3. The van der Waals surface area contributed by atoms with Crippen molar-refractivity contribution in [2.45, 2.75) is 18.4 Å². The van der Waals surface area contributed by atoms with Crippen LogP contribution in [-0.4, -0.2) is 29.1 Å². The van der Waals surface area contributed by atoms with Gasteiger partial charge in [-0.15, -0.1) is 0 Å². The number of aryl methyl sites for hydroxylation is 1. The molecular formula is C18H19N5O3S2. The van der Waals surface area contributed by atoms with Crippen LogP contribution in [0.25, 0.3) is 0 Å². The molecule has 8 nitrogen and oxygen atoms in total. The molecule has 0 saturated heterocycles. The molecule has 1 heterocycles. The van der Waals surface area contributed by atoms with E-state index < -0.39 is 10.0 Å². The highest BCUT2D eigenvalue weighted by Crippen LogP contribution is 2.19. The standard InChI is InChI=1S/C18H19N5O3S2/c1-12-5-3-4-6-15(12)22-28(25,26)14-9-7-13(8-10-14)17(24)19-11-16-20-21-18(27)23(16)2/h3-10,22H,11H2,1-2H3,(H,19,24)(H,21,27). The monoisotopic (exact) mass is 417 g/mol. The Bertz CT molecular complexity index is 1160. The van der Waals surface area contributed by atoms with Crippen LogP contribution in [0.3, 0.4) is 0 Å². The molecule has 0 aliphatic heterocycles.